The number of nitrogens with zero attached hydrogens (tertiary/aromatic N) is 2. The number of anilines is 1. The number of benzene rings is 1. The number of nitrogens with one attached hydrogen (secondary N) is 1. The van der Waals surface area contributed by atoms with Crippen molar-refractivity contribution in [3.63, 3.8) is 0 Å². The highest BCUT2D eigenvalue weighted by Crippen LogP contribution is 2.33. The van der Waals surface area contributed by atoms with Crippen molar-refractivity contribution in [2.45, 2.75) is 13.8 Å². The van der Waals surface area contributed by atoms with Gasteiger partial charge < -0.3 is 14.6 Å². The van der Waals surface area contributed by atoms with Crippen LogP contribution in [0.25, 0.3) is 6.08 Å². The van der Waals surface area contributed by atoms with E-state index in [9.17, 15) is 14.4 Å². The van der Waals surface area contributed by atoms with Crippen molar-refractivity contribution in [2.75, 3.05) is 19.0 Å². The monoisotopic (exact) mass is 399 g/mol. The number of carbonyl (C=O) groups excluding carboxylic acids is 3. The van der Waals surface area contributed by atoms with Crippen LogP contribution < -0.4 is 10.1 Å². The van der Waals surface area contributed by atoms with E-state index in [1.54, 1.807) is 37.5 Å². The lowest BCUT2D eigenvalue weighted by atomic mass is 10.2. The van der Waals surface area contributed by atoms with E-state index in [1.165, 1.54) is 0 Å². The van der Waals surface area contributed by atoms with E-state index in [4.69, 9.17) is 4.74 Å². The van der Waals surface area contributed by atoms with E-state index in [-0.39, 0.29) is 6.54 Å². The topological polar surface area (TPSA) is 80.6 Å². The van der Waals surface area contributed by atoms with E-state index in [0.717, 1.165) is 33.6 Å². The quantitative estimate of drug-likeness (QED) is 0.780. The molecule has 0 saturated carbocycles. The highest BCUT2D eigenvalue weighted by molar-refractivity contribution is 8.18. The largest absolute Gasteiger partial charge is 0.497 e. The molecule has 7 nitrogen and oxygen atoms in total. The normalized spacial score (nSPS) is 15.4. The smallest absolute Gasteiger partial charge is 0.294 e. The number of thioether (sulfide) groups is 1. The number of ether oxygens (including phenoxy) is 1. The summed E-state index contributed by atoms with van der Waals surface area (Å²) in [7, 11) is 3.50. The summed E-state index contributed by atoms with van der Waals surface area (Å²) in [6.45, 7) is 3.59. The maximum Gasteiger partial charge on any atom is 0.294 e. The van der Waals surface area contributed by atoms with Crippen LogP contribution in [0.15, 0.2) is 35.2 Å². The number of carbonyl (C=O) groups is 3. The average Bonchev–Trinajstić information content (AvgIpc) is 3.07. The van der Waals surface area contributed by atoms with Crippen molar-refractivity contribution in [3.05, 3.63) is 52.2 Å². The van der Waals surface area contributed by atoms with Crippen LogP contribution in [-0.2, 0) is 16.6 Å². The predicted octanol–water partition coefficient (Wildman–Crippen LogP) is 3.33. The molecule has 1 aromatic carbocycles. The van der Waals surface area contributed by atoms with Gasteiger partial charge in [-0.15, -0.1) is 0 Å². The van der Waals surface area contributed by atoms with Crippen LogP contribution in [0.4, 0.5) is 10.5 Å². The van der Waals surface area contributed by atoms with E-state index >= 15 is 0 Å². The van der Waals surface area contributed by atoms with Crippen molar-refractivity contribution in [3.8, 4) is 5.75 Å². The number of amides is 3. The molecule has 0 unspecified atom stereocenters. The van der Waals surface area contributed by atoms with Gasteiger partial charge >= 0.3 is 0 Å². The van der Waals surface area contributed by atoms with Crippen LogP contribution in [0.2, 0.25) is 0 Å². The van der Waals surface area contributed by atoms with Crippen LogP contribution in [0, 0.1) is 13.8 Å². The Bertz CT molecular complexity index is 976. The first kappa shape index (κ1) is 19.8. The molecule has 28 heavy (non-hydrogen) atoms. The third kappa shape index (κ3) is 3.96. The van der Waals surface area contributed by atoms with Gasteiger partial charge in [-0.25, -0.2) is 0 Å². The van der Waals surface area contributed by atoms with Gasteiger partial charge in [0.05, 0.1) is 12.0 Å². The lowest BCUT2D eigenvalue weighted by Gasteiger charge is -2.12. The molecule has 1 aliphatic rings. The number of rotatable bonds is 5. The second-order valence-corrected chi connectivity index (χ2v) is 7.42. The van der Waals surface area contributed by atoms with Gasteiger partial charge in [0, 0.05) is 24.1 Å². The van der Waals surface area contributed by atoms with Gasteiger partial charge in [0.15, 0.2) is 0 Å². The van der Waals surface area contributed by atoms with Crippen LogP contribution in [-0.4, -0.2) is 40.2 Å². The summed E-state index contributed by atoms with van der Waals surface area (Å²) in [5, 5.41) is 2.22. The van der Waals surface area contributed by atoms with E-state index in [1.807, 2.05) is 31.5 Å². The van der Waals surface area contributed by atoms with Gasteiger partial charge in [0.1, 0.15) is 12.3 Å². The summed E-state index contributed by atoms with van der Waals surface area (Å²) in [6.07, 6.45) is 1.70. The summed E-state index contributed by atoms with van der Waals surface area (Å²) in [4.78, 5) is 38.4. The van der Waals surface area contributed by atoms with Crippen molar-refractivity contribution >= 4 is 40.6 Å². The molecule has 8 heteroatoms. The zero-order valence-corrected chi connectivity index (χ0v) is 16.9. The number of aryl methyl sites for hydroxylation is 1. The van der Waals surface area contributed by atoms with E-state index in [2.05, 4.69) is 5.32 Å². The molecular weight excluding hydrogens is 378 g/mol. The van der Waals surface area contributed by atoms with Gasteiger partial charge in [-0.05, 0) is 67.6 Å². The van der Waals surface area contributed by atoms with Gasteiger partial charge in [-0.2, -0.15) is 0 Å². The minimum atomic E-state index is -0.458. The molecule has 0 radical (unpaired) electrons. The summed E-state index contributed by atoms with van der Waals surface area (Å²) in [5.41, 5.74) is 3.50. The molecule has 3 rings (SSSR count). The highest BCUT2D eigenvalue weighted by atomic mass is 32.2. The molecular formula is C20H21N3O4S. The third-order valence-corrected chi connectivity index (χ3v) is 5.56. The number of imide groups is 1. The molecule has 0 spiro atoms. The third-order valence-electron chi connectivity index (χ3n) is 4.65. The molecule has 0 atom stereocenters. The predicted molar refractivity (Wildman–Crippen MR) is 109 cm³/mol. The molecule has 1 aliphatic heterocycles. The number of hydrogen-bond donors (Lipinski definition) is 1. The molecule has 2 heterocycles. The number of hydrogen-bond acceptors (Lipinski definition) is 5. The maximum absolute atomic E-state index is 12.6. The minimum Gasteiger partial charge on any atom is -0.497 e. The van der Waals surface area contributed by atoms with Crippen LogP contribution in [0.1, 0.15) is 17.0 Å². The molecule has 0 bridgehead atoms. The van der Waals surface area contributed by atoms with Crippen molar-refractivity contribution in [1.29, 1.82) is 0 Å². The van der Waals surface area contributed by atoms with Gasteiger partial charge in [-0.3, -0.25) is 19.3 Å². The molecule has 3 amide bonds. The van der Waals surface area contributed by atoms with Crippen molar-refractivity contribution in [1.82, 2.24) is 9.47 Å². The molecule has 1 N–H and O–H groups in total. The van der Waals surface area contributed by atoms with Crippen LogP contribution in [0.5, 0.6) is 5.75 Å². The fourth-order valence-corrected chi connectivity index (χ4v) is 3.66. The second kappa shape index (κ2) is 7.93. The van der Waals surface area contributed by atoms with Crippen molar-refractivity contribution in [2.24, 2.45) is 7.05 Å². The molecule has 2 aromatic rings. The minimum absolute atomic E-state index is 0.316. The van der Waals surface area contributed by atoms with Crippen LogP contribution in [0.3, 0.4) is 0 Å². The highest BCUT2D eigenvalue weighted by Gasteiger charge is 2.36. The summed E-state index contributed by atoms with van der Waals surface area (Å²) < 4.78 is 7.08. The summed E-state index contributed by atoms with van der Waals surface area (Å²) in [6, 6.07) is 8.75. The first-order valence-corrected chi connectivity index (χ1v) is 9.44. The second-order valence-electron chi connectivity index (χ2n) is 6.43. The summed E-state index contributed by atoms with van der Waals surface area (Å²) >= 11 is 0.846. The number of aromatic nitrogens is 1. The first-order chi connectivity index (χ1) is 13.3. The molecule has 1 saturated heterocycles. The molecule has 1 fully saturated rings. The fourth-order valence-electron chi connectivity index (χ4n) is 2.83. The van der Waals surface area contributed by atoms with E-state index in [0.29, 0.717) is 16.3 Å². The van der Waals surface area contributed by atoms with Crippen LogP contribution >= 0.6 is 11.8 Å². The lowest BCUT2D eigenvalue weighted by Crippen LogP contribution is -2.36. The molecule has 1 aromatic heterocycles. The van der Waals surface area contributed by atoms with Gasteiger partial charge in [-0.1, -0.05) is 0 Å². The Morgan fingerprint density at radius 1 is 1.21 bits per heavy atom. The molecule has 146 valence electrons. The Morgan fingerprint density at radius 2 is 1.89 bits per heavy atom. The zero-order chi connectivity index (χ0) is 20.4. The molecule has 0 aliphatic carbocycles. The SMILES string of the molecule is COc1ccc(NC(=O)CN2C(=O)S/C(=C/c3cc(C)n(C)c3C)C2=O)cc1. The van der Waals surface area contributed by atoms with E-state index < -0.39 is 17.1 Å². The lowest BCUT2D eigenvalue weighted by molar-refractivity contribution is -0.127. The van der Waals surface area contributed by atoms with Gasteiger partial charge in [0.25, 0.3) is 11.1 Å². The fraction of sp³-hybridized carbons (Fsp3) is 0.250. The first-order valence-electron chi connectivity index (χ1n) is 8.62. The Balaban J connectivity index is 1.70. The Kier molecular flexibility index (Phi) is 5.60. The average molecular weight is 399 g/mol. The van der Waals surface area contributed by atoms with Crippen molar-refractivity contribution < 1.29 is 19.1 Å². The summed E-state index contributed by atoms with van der Waals surface area (Å²) in [5.74, 6) is -0.234. The zero-order valence-electron chi connectivity index (χ0n) is 16.1. The number of methoxy groups -OCH3 is 1. The Labute approximate surface area is 167 Å². The standard InChI is InChI=1S/C20H21N3O4S/c1-12-9-14(13(2)22(12)3)10-17-19(25)23(20(26)28-17)11-18(24)21-15-5-7-16(27-4)8-6-15/h5-10H,11H2,1-4H3,(H,21,24)/b17-10+. The Morgan fingerprint density at radius 3 is 2.46 bits per heavy atom. The Hall–Kier alpha value is -3.00. The van der Waals surface area contributed by atoms with Gasteiger partial charge in [0.2, 0.25) is 5.91 Å². The maximum atomic E-state index is 12.6.